The van der Waals surface area contributed by atoms with Crippen LogP contribution in [0.25, 0.3) is 0 Å². The molecule has 0 radical (unpaired) electrons. The van der Waals surface area contributed by atoms with Gasteiger partial charge in [0.15, 0.2) is 6.61 Å². The highest BCUT2D eigenvalue weighted by Gasteiger charge is 2.28. The van der Waals surface area contributed by atoms with Crippen molar-refractivity contribution >= 4 is 33.4 Å². The van der Waals surface area contributed by atoms with Gasteiger partial charge in [0, 0.05) is 31.2 Å². The van der Waals surface area contributed by atoms with Gasteiger partial charge in [0.25, 0.3) is 5.91 Å². The number of nitrogens with zero attached hydrogens (tertiary/aromatic N) is 2. The SMILES string of the molecule is C[C@@H](C(=O)NCCc1ccccc1)N(Cc1ccc(Cl)cc1)C(=O)COc1ccc(S(=O)(=O)N2CCOCC2)cc1. The maximum absolute atomic E-state index is 13.3. The molecule has 0 bridgehead atoms. The molecule has 1 N–H and O–H groups in total. The number of benzene rings is 3. The van der Waals surface area contributed by atoms with E-state index in [1.54, 1.807) is 31.2 Å². The minimum atomic E-state index is -3.64. The molecule has 9 nitrogen and oxygen atoms in total. The molecule has 2 amide bonds. The lowest BCUT2D eigenvalue weighted by atomic mass is 10.1. The van der Waals surface area contributed by atoms with Gasteiger partial charge in [-0.2, -0.15) is 4.31 Å². The van der Waals surface area contributed by atoms with Crippen LogP contribution in [0.4, 0.5) is 0 Å². The van der Waals surface area contributed by atoms with Crippen molar-refractivity contribution in [2.45, 2.75) is 30.8 Å². The smallest absolute Gasteiger partial charge is 0.261 e. The van der Waals surface area contributed by atoms with Crippen LogP contribution in [0.1, 0.15) is 18.1 Å². The zero-order chi connectivity index (χ0) is 29.2. The number of ether oxygens (including phenoxy) is 2. The van der Waals surface area contributed by atoms with Gasteiger partial charge in [-0.15, -0.1) is 0 Å². The standard InChI is InChI=1S/C30H34ClN3O6S/c1-23(30(36)32-16-15-24-5-3-2-4-6-24)34(21-25-7-9-26(31)10-8-25)29(35)22-40-27-11-13-28(14-12-27)41(37,38)33-17-19-39-20-18-33/h2-14,23H,15-22H2,1H3,(H,32,36)/t23-/m0/s1. The Morgan fingerprint density at radius 3 is 2.29 bits per heavy atom. The number of nitrogens with one attached hydrogen (secondary N) is 1. The van der Waals surface area contributed by atoms with Gasteiger partial charge in [0.05, 0.1) is 18.1 Å². The summed E-state index contributed by atoms with van der Waals surface area (Å²) < 4.78 is 38.1. The third-order valence-electron chi connectivity index (χ3n) is 6.78. The number of carbonyl (C=O) groups excluding carboxylic acids is 2. The maximum Gasteiger partial charge on any atom is 0.261 e. The van der Waals surface area contributed by atoms with Gasteiger partial charge in [-0.25, -0.2) is 8.42 Å². The second kappa shape index (κ2) is 14.5. The first-order chi connectivity index (χ1) is 19.7. The zero-order valence-corrected chi connectivity index (χ0v) is 24.4. The molecule has 1 aliphatic heterocycles. The Morgan fingerprint density at radius 1 is 0.976 bits per heavy atom. The summed E-state index contributed by atoms with van der Waals surface area (Å²) in [6, 6.07) is 22.1. The summed E-state index contributed by atoms with van der Waals surface area (Å²) in [6.45, 7) is 3.29. The Kier molecular flexibility index (Phi) is 10.8. The van der Waals surface area contributed by atoms with Gasteiger partial charge < -0.3 is 19.7 Å². The van der Waals surface area contributed by atoms with Gasteiger partial charge in [-0.05, 0) is 60.9 Å². The summed E-state index contributed by atoms with van der Waals surface area (Å²) in [6.07, 6.45) is 0.671. The first kappa shape index (κ1) is 30.5. The molecular weight excluding hydrogens is 566 g/mol. The summed E-state index contributed by atoms with van der Waals surface area (Å²) in [5.74, 6) is -0.331. The van der Waals surface area contributed by atoms with E-state index >= 15 is 0 Å². The number of carbonyl (C=O) groups is 2. The summed E-state index contributed by atoms with van der Waals surface area (Å²) in [5, 5.41) is 3.49. The second-order valence-electron chi connectivity index (χ2n) is 9.63. The summed E-state index contributed by atoms with van der Waals surface area (Å²) >= 11 is 6.02. The fraction of sp³-hybridized carbons (Fsp3) is 0.333. The van der Waals surface area contributed by atoms with Crippen molar-refractivity contribution in [2.24, 2.45) is 0 Å². The molecular formula is C30H34ClN3O6S. The number of hydrogen-bond acceptors (Lipinski definition) is 6. The van der Waals surface area contributed by atoms with Crippen molar-refractivity contribution in [1.29, 1.82) is 0 Å². The van der Waals surface area contributed by atoms with E-state index < -0.39 is 22.0 Å². The largest absolute Gasteiger partial charge is 0.484 e. The Labute approximate surface area is 246 Å². The lowest BCUT2D eigenvalue weighted by Gasteiger charge is -2.29. The zero-order valence-electron chi connectivity index (χ0n) is 22.9. The molecule has 1 aliphatic rings. The van der Waals surface area contributed by atoms with Crippen LogP contribution >= 0.6 is 11.6 Å². The molecule has 4 rings (SSSR count). The molecule has 1 saturated heterocycles. The summed E-state index contributed by atoms with van der Waals surface area (Å²) in [4.78, 5) is 28.0. The van der Waals surface area contributed by atoms with Crippen LogP contribution in [-0.2, 0) is 37.3 Å². The van der Waals surface area contributed by atoms with Gasteiger partial charge in [-0.3, -0.25) is 9.59 Å². The Bertz CT molecular complexity index is 1400. The minimum absolute atomic E-state index is 0.142. The van der Waals surface area contributed by atoms with Crippen molar-refractivity contribution < 1.29 is 27.5 Å². The third kappa shape index (κ3) is 8.53. The van der Waals surface area contributed by atoms with E-state index in [9.17, 15) is 18.0 Å². The van der Waals surface area contributed by atoms with E-state index in [4.69, 9.17) is 21.1 Å². The molecule has 41 heavy (non-hydrogen) atoms. The molecule has 11 heteroatoms. The molecule has 0 aromatic heterocycles. The van der Waals surface area contributed by atoms with Crippen LogP contribution in [-0.4, -0.2) is 74.9 Å². The normalized spacial score (nSPS) is 14.7. The molecule has 3 aromatic rings. The highest BCUT2D eigenvalue weighted by atomic mass is 35.5. The fourth-order valence-corrected chi connectivity index (χ4v) is 5.90. The van der Waals surface area contributed by atoms with Crippen molar-refractivity contribution in [3.63, 3.8) is 0 Å². The van der Waals surface area contributed by atoms with Crippen LogP contribution in [0.2, 0.25) is 5.02 Å². The lowest BCUT2D eigenvalue weighted by molar-refractivity contribution is -0.142. The van der Waals surface area contributed by atoms with E-state index in [0.29, 0.717) is 50.0 Å². The average molecular weight is 600 g/mol. The van der Waals surface area contributed by atoms with Crippen LogP contribution in [0.3, 0.4) is 0 Å². The Hall–Kier alpha value is -3.44. The Morgan fingerprint density at radius 2 is 1.63 bits per heavy atom. The van der Waals surface area contributed by atoms with Crippen molar-refractivity contribution in [2.75, 3.05) is 39.5 Å². The summed E-state index contributed by atoms with van der Waals surface area (Å²) in [7, 11) is -3.64. The van der Waals surface area contributed by atoms with Gasteiger partial charge >= 0.3 is 0 Å². The Balaban J connectivity index is 1.39. The van der Waals surface area contributed by atoms with Gasteiger partial charge in [0.1, 0.15) is 11.8 Å². The number of rotatable bonds is 12. The molecule has 1 atom stereocenters. The number of amides is 2. The predicted octanol–water partition coefficient (Wildman–Crippen LogP) is 3.52. The molecule has 3 aromatic carbocycles. The number of morpholine rings is 1. The number of hydrogen-bond donors (Lipinski definition) is 1. The van der Waals surface area contributed by atoms with Gasteiger partial charge in [0.2, 0.25) is 15.9 Å². The quantitative estimate of drug-likeness (QED) is 0.342. The van der Waals surface area contributed by atoms with Crippen LogP contribution < -0.4 is 10.1 Å². The van der Waals surface area contributed by atoms with E-state index in [2.05, 4.69) is 5.32 Å². The van der Waals surface area contributed by atoms with E-state index in [1.807, 2.05) is 30.3 Å². The van der Waals surface area contributed by atoms with Crippen LogP contribution in [0, 0.1) is 0 Å². The van der Waals surface area contributed by atoms with Crippen molar-refractivity contribution in [3.8, 4) is 5.75 Å². The van der Waals surface area contributed by atoms with E-state index in [0.717, 1.165) is 11.1 Å². The molecule has 0 unspecified atom stereocenters. The second-order valence-corrected chi connectivity index (χ2v) is 12.0. The molecule has 0 spiro atoms. The van der Waals surface area contributed by atoms with E-state index in [-0.39, 0.29) is 24.0 Å². The van der Waals surface area contributed by atoms with Crippen molar-refractivity contribution in [1.82, 2.24) is 14.5 Å². The minimum Gasteiger partial charge on any atom is -0.484 e. The number of sulfonamides is 1. The van der Waals surface area contributed by atoms with Crippen LogP contribution in [0.15, 0.2) is 83.8 Å². The van der Waals surface area contributed by atoms with Crippen LogP contribution in [0.5, 0.6) is 5.75 Å². The molecule has 1 heterocycles. The number of halogens is 1. The lowest BCUT2D eigenvalue weighted by Crippen LogP contribution is -2.49. The molecule has 0 aliphatic carbocycles. The average Bonchev–Trinajstić information content (AvgIpc) is 3.00. The van der Waals surface area contributed by atoms with E-state index in [1.165, 1.54) is 33.5 Å². The topological polar surface area (TPSA) is 105 Å². The molecule has 0 saturated carbocycles. The molecule has 218 valence electrons. The monoisotopic (exact) mass is 599 g/mol. The maximum atomic E-state index is 13.3. The summed E-state index contributed by atoms with van der Waals surface area (Å²) in [5.41, 5.74) is 1.91. The first-order valence-electron chi connectivity index (χ1n) is 13.4. The third-order valence-corrected chi connectivity index (χ3v) is 8.95. The molecule has 1 fully saturated rings. The van der Waals surface area contributed by atoms with Gasteiger partial charge in [-0.1, -0.05) is 54.1 Å². The highest BCUT2D eigenvalue weighted by Crippen LogP contribution is 2.21. The predicted molar refractivity (Wildman–Crippen MR) is 156 cm³/mol. The fourth-order valence-electron chi connectivity index (χ4n) is 4.36. The first-order valence-corrected chi connectivity index (χ1v) is 15.2. The van der Waals surface area contributed by atoms with Crippen molar-refractivity contribution in [3.05, 3.63) is 95.0 Å². The highest BCUT2D eigenvalue weighted by molar-refractivity contribution is 7.89.